The second-order valence-electron chi connectivity index (χ2n) is 8.25. The Morgan fingerprint density at radius 1 is 1.15 bits per heavy atom. The number of amides is 1. The summed E-state index contributed by atoms with van der Waals surface area (Å²) in [7, 11) is 0. The van der Waals surface area contributed by atoms with Crippen molar-refractivity contribution in [1.29, 1.82) is 0 Å². The smallest absolute Gasteiger partial charge is 0.254 e. The maximum Gasteiger partial charge on any atom is 0.254 e. The predicted octanol–water partition coefficient (Wildman–Crippen LogP) is 4.29. The number of aryl methyl sites for hydroxylation is 2. The van der Waals surface area contributed by atoms with Gasteiger partial charge >= 0.3 is 0 Å². The summed E-state index contributed by atoms with van der Waals surface area (Å²) in [6, 6.07) is 14.5. The zero-order valence-corrected chi connectivity index (χ0v) is 19.7. The first-order valence-corrected chi connectivity index (χ1v) is 12.1. The second kappa shape index (κ2) is 10.3. The lowest BCUT2D eigenvalue weighted by molar-refractivity contribution is -0.122. The van der Waals surface area contributed by atoms with Crippen LogP contribution in [0.3, 0.4) is 0 Å². The van der Waals surface area contributed by atoms with Gasteiger partial charge in [-0.05, 0) is 55.7 Å². The number of Topliss-reactive ketones (excluding diaryl/α,β-unsaturated/α-hetero) is 1. The molecule has 1 saturated heterocycles. The van der Waals surface area contributed by atoms with E-state index in [9.17, 15) is 14.7 Å². The van der Waals surface area contributed by atoms with Crippen molar-refractivity contribution in [3.05, 3.63) is 70.9 Å². The molecule has 6 nitrogen and oxygen atoms in total. The summed E-state index contributed by atoms with van der Waals surface area (Å²) in [6.07, 6.45) is 0.514. The van der Waals surface area contributed by atoms with Crippen LogP contribution in [0.2, 0.25) is 0 Å². The molecule has 172 valence electrons. The molecule has 0 bridgehead atoms. The van der Waals surface area contributed by atoms with Gasteiger partial charge in [-0.15, -0.1) is 11.3 Å². The van der Waals surface area contributed by atoms with Gasteiger partial charge in [0, 0.05) is 24.9 Å². The van der Waals surface area contributed by atoms with E-state index in [2.05, 4.69) is 17.1 Å². The minimum Gasteiger partial charge on any atom is -0.494 e. The Balaban J connectivity index is 1.39. The van der Waals surface area contributed by atoms with E-state index in [1.807, 2.05) is 31.5 Å². The van der Waals surface area contributed by atoms with E-state index in [1.165, 1.54) is 4.90 Å². The third-order valence-electron chi connectivity index (χ3n) is 5.95. The lowest BCUT2D eigenvalue weighted by Gasteiger charge is -2.23. The molecule has 2 atom stereocenters. The Bertz CT molecular complexity index is 1110. The molecule has 7 heteroatoms. The number of β-amino-alcohol motifs (C(OH)–C–C–N with tert-alkyl or cyclic N) is 1. The first-order valence-electron chi connectivity index (χ1n) is 11.2. The normalized spacial score (nSPS) is 17.8. The molecule has 33 heavy (non-hydrogen) atoms. The third kappa shape index (κ3) is 5.31. The number of ether oxygens (including phenoxy) is 1. The summed E-state index contributed by atoms with van der Waals surface area (Å²) in [6.45, 7) is 4.62. The molecule has 1 aliphatic heterocycles. The largest absolute Gasteiger partial charge is 0.494 e. The Kier molecular flexibility index (Phi) is 7.20. The molecule has 0 spiro atoms. The van der Waals surface area contributed by atoms with Gasteiger partial charge in [-0.3, -0.25) is 9.59 Å². The van der Waals surface area contributed by atoms with Crippen molar-refractivity contribution in [2.75, 3.05) is 13.2 Å². The van der Waals surface area contributed by atoms with Gasteiger partial charge in [-0.2, -0.15) is 0 Å². The number of hydrogen-bond acceptors (Lipinski definition) is 6. The summed E-state index contributed by atoms with van der Waals surface area (Å²) in [5.41, 5.74) is 5.53. The minimum absolute atomic E-state index is 0.0202. The summed E-state index contributed by atoms with van der Waals surface area (Å²) in [5.74, 6) is 0.435. The van der Waals surface area contributed by atoms with E-state index in [1.54, 1.807) is 35.6 Å². The van der Waals surface area contributed by atoms with Crippen LogP contribution in [0.4, 0.5) is 0 Å². The van der Waals surface area contributed by atoms with Crippen LogP contribution in [-0.4, -0.2) is 52.0 Å². The highest BCUT2D eigenvalue weighted by Gasteiger charge is 2.38. The molecule has 0 radical (unpaired) electrons. The van der Waals surface area contributed by atoms with Crippen LogP contribution in [0.15, 0.2) is 54.0 Å². The van der Waals surface area contributed by atoms with Gasteiger partial charge < -0.3 is 14.7 Å². The van der Waals surface area contributed by atoms with Crippen molar-refractivity contribution in [2.45, 2.75) is 45.3 Å². The van der Waals surface area contributed by atoms with Gasteiger partial charge in [-0.1, -0.05) is 24.3 Å². The van der Waals surface area contributed by atoms with Gasteiger partial charge in [0.25, 0.3) is 5.91 Å². The van der Waals surface area contributed by atoms with E-state index in [4.69, 9.17) is 4.74 Å². The molecule has 2 aromatic carbocycles. The molecule has 0 aliphatic carbocycles. The number of hydrogen-bond donors (Lipinski definition) is 1. The molecule has 1 amide bonds. The zero-order valence-electron chi connectivity index (χ0n) is 18.9. The van der Waals surface area contributed by atoms with E-state index in [-0.39, 0.29) is 24.7 Å². The molecule has 0 saturated carbocycles. The number of rotatable bonds is 8. The number of aliphatic hydroxyl groups excluding tert-OH is 1. The number of aliphatic hydroxyl groups is 1. The molecule has 1 aromatic heterocycles. The van der Waals surface area contributed by atoms with Gasteiger partial charge in [-0.25, -0.2) is 4.98 Å². The van der Waals surface area contributed by atoms with Crippen molar-refractivity contribution < 1.29 is 19.4 Å². The summed E-state index contributed by atoms with van der Waals surface area (Å²) in [5, 5.41) is 10.2. The summed E-state index contributed by atoms with van der Waals surface area (Å²) < 4.78 is 5.43. The monoisotopic (exact) mass is 464 g/mol. The Morgan fingerprint density at radius 2 is 1.88 bits per heavy atom. The Morgan fingerprint density at radius 3 is 2.52 bits per heavy atom. The van der Waals surface area contributed by atoms with Crippen molar-refractivity contribution in [3.8, 4) is 16.2 Å². The highest BCUT2D eigenvalue weighted by atomic mass is 32.1. The van der Waals surface area contributed by atoms with Crippen molar-refractivity contribution in [3.63, 3.8) is 0 Å². The molecule has 1 aliphatic rings. The highest BCUT2D eigenvalue weighted by molar-refractivity contribution is 7.13. The van der Waals surface area contributed by atoms with E-state index in [0.717, 1.165) is 21.7 Å². The number of ketones is 1. The van der Waals surface area contributed by atoms with Crippen LogP contribution < -0.4 is 4.74 Å². The molecular formula is C26H28N2O4S. The summed E-state index contributed by atoms with van der Waals surface area (Å²) >= 11 is 1.61. The maximum atomic E-state index is 13.0. The first-order chi connectivity index (χ1) is 16.0. The topological polar surface area (TPSA) is 79.7 Å². The average Bonchev–Trinajstić information content (AvgIpc) is 3.43. The molecule has 1 fully saturated rings. The van der Waals surface area contributed by atoms with Crippen molar-refractivity contribution >= 4 is 23.0 Å². The zero-order chi connectivity index (χ0) is 23.4. The lowest BCUT2D eigenvalue weighted by Crippen LogP contribution is -2.40. The van der Waals surface area contributed by atoms with E-state index < -0.39 is 12.1 Å². The van der Waals surface area contributed by atoms with Gasteiger partial charge in [0.05, 0.1) is 34.8 Å². The molecule has 1 N–H and O–H groups in total. The van der Waals surface area contributed by atoms with Crippen LogP contribution in [0.25, 0.3) is 10.4 Å². The predicted molar refractivity (Wildman–Crippen MR) is 129 cm³/mol. The first kappa shape index (κ1) is 23.1. The molecule has 4 rings (SSSR count). The maximum absolute atomic E-state index is 13.0. The third-order valence-corrected chi connectivity index (χ3v) is 6.92. The summed E-state index contributed by atoms with van der Waals surface area (Å²) in [4.78, 5) is 33.0. The van der Waals surface area contributed by atoms with Gasteiger partial charge in [0.15, 0.2) is 5.78 Å². The number of nitrogens with zero attached hydrogens (tertiary/aromatic N) is 2. The minimum atomic E-state index is -0.687. The van der Waals surface area contributed by atoms with E-state index >= 15 is 0 Å². The van der Waals surface area contributed by atoms with Crippen LogP contribution >= 0.6 is 11.3 Å². The number of likely N-dealkylation sites (tertiary alicyclic amines) is 1. The van der Waals surface area contributed by atoms with Gasteiger partial charge in [0.1, 0.15) is 5.75 Å². The SMILES string of the molecule is CCOc1ccc(C(=O)N2C[C@H](O)C[C@H]2C(=O)CCc2ccc(-c3scnc3C)cc2)cc1. The average molecular weight is 465 g/mol. The Labute approximate surface area is 197 Å². The lowest BCUT2D eigenvalue weighted by atomic mass is 10.00. The number of carbonyl (C=O) groups excluding carboxylic acids is 2. The van der Waals surface area contributed by atoms with Crippen LogP contribution in [0.1, 0.15) is 41.4 Å². The highest BCUT2D eigenvalue weighted by Crippen LogP contribution is 2.28. The molecule has 0 unspecified atom stereocenters. The quantitative estimate of drug-likeness (QED) is 0.538. The fourth-order valence-electron chi connectivity index (χ4n) is 4.21. The van der Waals surface area contributed by atoms with Crippen molar-refractivity contribution in [1.82, 2.24) is 9.88 Å². The standard InChI is InChI=1S/C26H28N2O4S/c1-3-32-22-11-9-20(10-12-22)26(31)28-15-21(29)14-23(28)24(30)13-6-18-4-7-19(8-5-18)25-17(2)27-16-33-25/h4-5,7-12,16,21,23,29H,3,6,13-15H2,1-2H3/t21-,23+/m1/s1. The number of carbonyl (C=O) groups is 2. The van der Waals surface area contributed by atoms with Crippen molar-refractivity contribution in [2.24, 2.45) is 0 Å². The van der Waals surface area contributed by atoms with E-state index in [0.29, 0.717) is 30.8 Å². The molecule has 2 heterocycles. The van der Waals surface area contributed by atoms with Crippen LogP contribution in [-0.2, 0) is 11.2 Å². The van der Waals surface area contributed by atoms with Crippen LogP contribution in [0.5, 0.6) is 5.75 Å². The number of thiazole rings is 1. The molecule has 3 aromatic rings. The Hall–Kier alpha value is -3.03. The second-order valence-corrected chi connectivity index (χ2v) is 9.11. The number of benzene rings is 2. The number of aromatic nitrogens is 1. The van der Waals surface area contributed by atoms with Gasteiger partial charge in [0.2, 0.25) is 0 Å². The fourth-order valence-corrected chi connectivity index (χ4v) is 5.02. The van der Waals surface area contributed by atoms with Crippen LogP contribution in [0, 0.1) is 6.92 Å². The molecular weight excluding hydrogens is 436 g/mol. The fraction of sp³-hybridized carbons (Fsp3) is 0.346.